The van der Waals surface area contributed by atoms with E-state index in [1.165, 1.54) is 6.26 Å². The molecule has 0 atom stereocenters. The molecule has 0 aromatic rings. The molecule has 0 rings (SSSR count). The summed E-state index contributed by atoms with van der Waals surface area (Å²) in [5, 5.41) is 0. The SMILES string of the molecule is CC=COC(=O)C(C)(C)N.Cl. The highest BCUT2D eigenvalue weighted by Gasteiger charge is 2.22. The van der Waals surface area contributed by atoms with Crippen molar-refractivity contribution in [3.63, 3.8) is 0 Å². The smallest absolute Gasteiger partial charge is 0.330 e. The lowest BCUT2D eigenvalue weighted by Gasteiger charge is -2.13. The summed E-state index contributed by atoms with van der Waals surface area (Å²) in [4.78, 5) is 10.8. The summed E-state index contributed by atoms with van der Waals surface area (Å²) in [7, 11) is 0. The molecule has 0 unspecified atom stereocenters. The van der Waals surface area contributed by atoms with E-state index in [1.807, 2.05) is 0 Å². The number of nitrogens with two attached hydrogens (primary N) is 1. The second-order valence-electron chi connectivity index (χ2n) is 2.60. The molecule has 11 heavy (non-hydrogen) atoms. The molecule has 0 aliphatic rings. The van der Waals surface area contributed by atoms with Crippen LogP contribution in [0.2, 0.25) is 0 Å². The zero-order valence-electron chi connectivity index (χ0n) is 6.96. The molecular weight excluding hydrogens is 166 g/mol. The Labute approximate surface area is 73.0 Å². The molecule has 0 amide bonds. The van der Waals surface area contributed by atoms with Crippen LogP contribution in [0.5, 0.6) is 0 Å². The van der Waals surface area contributed by atoms with Crippen molar-refractivity contribution < 1.29 is 9.53 Å². The van der Waals surface area contributed by atoms with E-state index in [2.05, 4.69) is 4.74 Å². The van der Waals surface area contributed by atoms with E-state index in [9.17, 15) is 4.79 Å². The van der Waals surface area contributed by atoms with E-state index in [4.69, 9.17) is 5.73 Å². The van der Waals surface area contributed by atoms with Crippen molar-refractivity contribution in [3.8, 4) is 0 Å². The summed E-state index contributed by atoms with van der Waals surface area (Å²) in [5.41, 5.74) is 4.51. The van der Waals surface area contributed by atoms with Crippen LogP contribution in [0.15, 0.2) is 12.3 Å². The highest BCUT2D eigenvalue weighted by molar-refractivity contribution is 5.85. The maximum Gasteiger partial charge on any atom is 0.330 e. The van der Waals surface area contributed by atoms with Crippen LogP contribution in [-0.2, 0) is 9.53 Å². The summed E-state index contributed by atoms with van der Waals surface area (Å²) in [6, 6.07) is 0. The predicted octanol–water partition coefficient (Wildman–Crippen LogP) is 1.22. The minimum absolute atomic E-state index is 0. The second kappa shape index (κ2) is 5.16. The number of hydrogen-bond donors (Lipinski definition) is 1. The van der Waals surface area contributed by atoms with Gasteiger partial charge in [-0.1, -0.05) is 6.08 Å². The molecule has 0 bridgehead atoms. The number of carbonyl (C=O) groups excluding carboxylic acids is 1. The molecule has 3 nitrogen and oxygen atoms in total. The van der Waals surface area contributed by atoms with E-state index in [1.54, 1.807) is 26.8 Å². The highest BCUT2D eigenvalue weighted by atomic mass is 35.5. The van der Waals surface area contributed by atoms with Gasteiger partial charge >= 0.3 is 5.97 Å². The van der Waals surface area contributed by atoms with Crippen LogP contribution in [0.25, 0.3) is 0 Å². The van der Waals surface area contributed by atoms with Crippen LogP contribution in [0.1, 0.15) is 20.8 Å². The van der Waals surface area contributed by atoms with Crippen molar-refractivity contribution in [2.24, 2.45) is 5.73 Å². The Kier molecular flexibility index (Phi) is 6.13. The standard InChI is InChI=1S/C7H13NO2.ClH/c1-4-5-10-6(9)7(2,3)8;/h4-5H,8H2,1-3H3;1H. The van der Waals surface area contributed by atoms with Crippen molar-refractivity contribution >= 4 is 18.4 Å². The third-order valence-corrected chi connectivity index (χ3v) is 0.837. The van der Waals surface area contributed by atoms with Gasteiger partial charge in [-0.25, -0.2) is 4.79 Å². The molecule has 0 aliphatic heterocycles. The lowest BCUT2D eigenvalue weighted by atomic mass is 10.1. The van der Waals surface area contributed by atoms with Crippen LogP contribution in [0.4, 0.5) is 0 Å². The van der Waals surface area contributed by atoms with Gasteiger partial charge in [0, 0.05) is 0 Å². The third-order valence-electron chi connectivity index (χ3n) is 0.837. The minimum Gasteiger partial charge on any atom is -0.433 e. The fourth-order valence-electron chi connectivity index (χ4n) is 0.282. The number of carbonyl (C=O) groups is 1. The Morgan fingerprint density at radius 2 is 2.00 bits per heavy atom. The van der Waals surface area contributed by atoms with Crippen molar-refractivity contribution in [1.82, 2.24) is 0 Å². The number of rotatable bonds is 2. The average Bonchev–Trinajstić information content (AvgIpc) is 1.80. The molecule has 2 N–H and O–H groups in total. The van der Waals surface area contributed by atoms with Crippen LogP contribution < -0.4 is 5.73 Å². The van der Waals surface area contributed by atoms with E-state index in [-0.39, 0.29) is 12.4 Å². The fourth-order valence-corrected chi connectivity index (χ4v) is 0.282. The van der Waals surface area contributed by atoms with Gasteiger partial charge in [-0.2, -0.15) is 0 Å². The fraction of sp³-hybridized carbons (Fsp3) is 0.571. The molecule has 0 saturated carbocycles. The number of esters is 1. The summed E-state index contributed by atoms with van der Waals surface area (Å²) in [6.07, 6.45) is 2.95. The molecule has 66 valence electrons. The molecular formula is C7H14ClNO2. The molecule has 0 aromatic carbocycles. The maximum atomic E-state index is 10.8. The molecule has 0 fully saturated rings. The summed E-state index contributed by atoms with van der Waals surface area (Å²) in [6.45, 7) is 4.95. The number of allylic oxidation sites excluding steroid dienone is 1. The van der Waals surface area contributed by atoms with Gasteiger partial charge in [0.05, 0.1) is 6.26 Å². The average molecular weight is 180 g/mol. The number of halogens is 1. The second-order valence-corrected chi connectivity index (χ2v) is 2.60. The largest absolute Gasteiger partial charge is 0.433 e. The zero-order valence-corrected chi connectivity index (χ0v) is 7.77. The van der Waals surface area contributed by atoms with Gasteiger partial charge in [-0.05, 0) is 20.8 Å². The molecule has 0 heterocycles. The van der Waals surface area contributed by atoms with Crippen molar-refractivity contribution in [2.75, 3.05) is 0 Å². The number of hydrogen-bond acceptors (Lipinski definition) is 3. The first-order valence-electron chi connectivity index (χ1n) is 3.09. The molecule has 0 radical (unpaired) electrons. The van der Waals surface area contributed by atoms with E-state index >= 15 is 0 Å². The van der Waals surface area contributed by atoms with Crippen LogP contribution >= 0.6 is 12.4 Å². The lowest BCUT2D eigenvalue weighted by Crippen LogP contribution is -2.42. The van der Waals surface area contributed by atoms with Gasteiger partial charge in [-0.15, -0.1) is 12.4 Å². The number of ether oxygens (including phenoxy) is 1. The van der Waals surface area contributed by atoms with E-state index in [0.717, 1.165) is 0 Å². The van der Waals surface area contributed by atoms with Gasteiger partial charge in [0.25, 0.3) is 0 Å². The first-order chi connectivity index (χ1) is 4.48. The van der Waals surface area contributed by atoms with Crippen LogP contribution in [0, 0.1) is 0 Å². The molecule has 0 aromatic heterocycles. The summed E-state index contributed by atoms with van der Waals surface area (Å²) in [5.74, 6) is -0.425. The van der Waals surface area contributed by atoms with E-state index < -0.39 is 11.5 Å². The first kappa shape index (κ1) is 13.1. The van der Waals surface area contributed by atoms with Crippen molar-refractivity contribution in [1.29, 1.82) is 0 Å². The molecule has 4 heteroatoms. The minimum atomic E-state index is -0.903. The lowest BCUT2D eigenvalue weighted by molar-refractivity contribution is -0.142. The Morgan fingerprint density at radius 3 is 2.27 bits per heavy atom. The van der Waals surface area contributed by atoms with Gasteiger partial charge in [0.2, 0.25) is 0 Å². The quantitative estimate of drug-likeness (QED) is 0.512. The zero-order chi connectivity index (χ0) is 8.20. The van der Waals surface area contributed by atoms with Gasteiger partial charge < -0.3 is 10.5 Å². The van der Waals surface area contributed by atoms with Gasteiger partial charge in [-0.3, -0.25) is 0 Å². The van der Waals surface area contributed by atoms with E-state index in [0.29, 0.717) is 0 Å². The maximum absolute atomic E-state index is 10.8. The molecule has 0 aliphatic carbocycles. The van der Waals surface area contributed by atoms with Crippen molar-refractivity contribution in [2.45, 2.75) is 26.3 Å². The normalized spacial score (nSPS) is 10.9. The van der Waals surface area contributed by atoms with Crippen LogP contribution in [0.3, 0.4) is 0 Å². The predicted molar refractivity (Wildman–Crippen MR) is 46.4 cm³/mol. The van der Waals surface area contributed by atoms with Crippen LogP contribution in [-0.4, -0.2) is 11.5 Å². The Hall–Kier alpha value is -0.540. The first-order valence-corrected chi connectivity index (χ1v) is 3.09. The summed E-state index contributed by atoms with van der Waals surface area (Å²) >= 11 is 0. The Balaban J connectivity index is 0. The molecule has 0 spiro atoms. The van der Waals surface area contributed by atoms with Crippen molar-refractivity contribution in [3.05, 3.63) is 12.3 Å². The Bertz CT molecular complexity index is 149. The molecule has 0 saturated heterocycles. The Morgan fingerprint density at radius 1 is 1.55 bits per heavy atom. The summed E-state index contributed by atoms with van der Waals surface area (Å²) < 4.78 is 4.61. The topological polar surface area (TPSA) is 52.3 Å². The van der Waals surface area contributed by atoms with Gasteiger partial charge in [0.1, 0.15) is 5.54 Å². The third kappa shape index (κ3) is 5.88. The highest BCUT2D eigenvalue weighted by Crippen LogP contribution is 1.99. The monoisotopic (exact) mass is 179 g/mol. The van der Waals surface area contributed by atoms with Gasteiger partial charge in [0.15, 0.2) is 0 Å².